The fraction of sp³-hybridized carbons (Fsp3) is 0. The highest BCUT2D eigenvalue weighted by Gasteiger charge is 2.23. The molecule has 1 aliphatic heterocycles. The Morgan fingerprint density at radius 2 is 1.68 bits per heavy atom. The van der Waals surface area contributed by atoms with E-state index in [0.29, 0.717) is 21.2 Å². The maximum Gasteiger partial charge on any atom is 0.264 e. The molecule has 1 saturated heterocycles. The molecular formula is C22H14F2N2OS. The van der Waals surface area contributed by atoms with Crippen molar-refractivity contribution >= 4 is 34.6 Å². The van der Waals surface area contributed by atoms with Gasteiger partial charge in [0.15, 0.2) is 5.17 Å². The molecule has 3 nitrogen and oxygen atoms in total. The van der Waals surface area contributed by atoms with Crippen LogP contribution in [0.25, 0.3) is 17.2 Å². The average molecular weight is 392 g/mol. The number of nitrogens with zero attached hydrogens (tertiary/aromatic N) is 1. The zero-order valence-corrected chi connectivity index (χ0v) is 15.3. The van der Waals surface area contributed by atoms with Crippen LogP contribution in [0.2, 0.25) is 0 Å². The molecule has 1 aliphatic rings. The van der Waals surface area contributed by atoms with Crippen LogP contribution >= 0.6 is 11.8 Å². The second-order valence-electron chi connectivity index (χ2n) is 6.06. The van der Waals surface area contributed by atoms with Crippen LogP contribution in [0, 0.1) is 11.6 Å². The highest BCUT2D eigenvalue weighted by Crippen LogP contribution is 2.29. The second kappa shape index (κ2) is 7.78. The molecule has 1 fully saturated rings. The Labute approximate surface area is 164 Å². The number of para-hydroxylation sites is 1. The number of halogens is 2. The molecule has 6 heteroatoms. The van der Waals surface area contributed by atoms with E-state index in [4.69, 9.17) is 0 Å². The number of carbonyl (C=O) groups excluding carboxylic acids is 1. The summed E-state index contributed by atoms with van der Waals surface area (Å²) < 4.78 is 27.0. The number of benzene rings is 3. The Morgan fingerprint density at radius 3 is 2.39 bits per heavy atom. The first kappa shape index (κ1) is 18.1. The topological polar surface area (TPSA) is 41.5 Å². The number of aliphatic imine (C=N–C) groups is 1. The van der Waals surface area contributed by atoms with Gasteiger partial charge in [-0.25, -0.2) is 13.8 Å². The third-order valence-electron chi connectivity index (χ3n) is 4.09. The molecular weight excluding hydrogens is 378 g/mol. The van der Waals surface area contributed by atoms with Gasteiger partial charge in [-0.05, 0) is 53.2 Å². The quantitative estimate of drug-likeness (QED) is 0.596. The summed E-state index contributed by atoms with van der Waals surface area (Å²) in [6, 6.07) is 19.9. The van der Waals surface area contributed by atoms with Crippen molar-refractivity contribution in [3.8, 4) is 11.1 Å². The van der Waals surface area contributed by atoms with E-state index in [9.17, 15) is 13.6 Å². The lowest BCUT2D eigenvalue weighted by Gasteiger charge is -2.04. The lowest BCUT2D eigenvalue weighted by molar-refractivity contribution is -0.115. The fourth-order valence-electron chi connectivity index (χ4n) is 2.73. The highest BCUT2D eigenvalue weighted by atomic mass is 32.2. The summed E-state index contributed by atoms with van der Waals surface area (Å²) in [6.07, 6.45) is 1.75. The van der Waals surface area contributed by atoms with Crippen LogP contribution in [0.3, 0.4) is 0 Å². The van der Waals surface area contributed by atoms with E-state index >= 15 is 0 Å². The van der Waals surface area contributed by atoms with Crippen LogP contribution in [0.4, 0.5) is 14.5 Å². The summed E-state index contributed by atoms with van der Waals surface area (Å²) in [5.41, 5.74) is 2.52. The summed E-state index contributed by atoms with van der Waals surface area (Å²) in [5, 5.41) is 3.26. The van der Waals surface area contributed by atoms with E-state index in [1.807, 2.05) is 30.3 Å². The molecule has 0 saturated carbocycles. The summed E-state index contributed by atoms with van der Waals surface area (Å²) in [7, 11) is 0. The Kier molecular flexibility index (Phi) is 5.04. The lowest BCUT2D eigenvalue weighted by atomic mass is 10.0. The van der Waals surface area contributed by atoms with Gasteiger partial charge in [0.25, 0.3) is 5.91 Å². The number of amides is 1. The molecule has 1 amide bonds. The van der Waals surface area contributed by atoms with Crippen LogP contribution in [-0.4, -0.2) is 11.1 Å². The molecule has 0 aliphatic carbocycles. The van der Waals surface area contributed by atoms with E-state index in [1.54, 1.807) is 30.3 Å². The number of carbonyl (C=O) groups is 1. The minimum Gasteiger partial charge on any atom is -0.300 e. The largest absolute Gasteiger partial charge is 0.300 e. The van der Waals surface area contributed by atoms with Gasteiger partial charge < -0.3 is 5.32 Å². The minimum absolute atomic E-state index is 0.215. The van der Waals surface area contributed by atoms with Crippen molar-refractivity contribution in [1.29, 1.82) is 0 Å². The lowest BCUT2D eigenvalue weighted by Crippen LogP contribution is -2.19. The first-order valence-corrected chi connectivity index (χ1v) is 9.30. The highest BCUT2D eigenvalue weighted by molar-refractivity contribution is 8.18. The smallest absolute Gasteiger partial charge is 0.264 e. The SMILES string of the molecule is O=C1NC(=Nc2ccccc2)SC1=Cc1ccc(-c2ccc(F)cc2F)cc1. The van der Waals surface area contributed by atoms with Crippen molar-refractivity contribution in [2.75, 3.05) is 0 Å². The first-order valence-electron chi connectivity index (χ1n) is 8.48. The van der Waals surface area contributed by atoms with Gasteiger partial charge in [-0.15, -0.1) is 0 Å². The molecule has 1 N–H and O–H groups in total. The summed E-state index contributed by atoms with van der Waals surface area (Å²) in [6.45, 7) is 0. The van der Waals surface area contributed by atoms with E-state index in [2.05, 4.69) is 10.3 Å². The van der Waals surface area contributed by atoms with Crippen molar-refractivity contribution in [2.45, 2.75) is 0 Å². The molecule has 1 heterocycles. The normalized spacial score (nSPS) is 16.6. The molecule has 3 aromatic carbocycles. The summed E-state index contributed by atoms with van der Waals surface area (Å²) in [5.74, 6) is -1.44. The van der Waals surface area contributed by atoms with Crippen molar-refractivity contribution < 1.29 is 13.6 Å². The van der Waals surface area contributed by atoms with E-state index in [0.717, 1.165) is 17.3 Å². The summed E-state index contributed by atoms with van der Waals surface area (Å²) >= 11 is 1.26. The Bertz CT molecular complexity index is 1090. The van der Waals surface area contributed by atoms with Crippen molar-refractivity contribution in [1.82, 2.24) is 5.32 Å². The van der Waals surface area contributed by atoms with Crippen LogP contribution in [0.5, 0.6) is 0 Å². The molecule has 0 unspecified atom stereocenters. The number of hydrogen-bond acceptors (Lipinski definition) is 3. The van der Waals surface area contributed by atoms with Crippen molar-refractivity contribution in [2.24, 2.45) is 4.99 Å². The van der Waals surface area contributed by atoms with Crippen molar-refractivity contribution in [3.05, 3.63) is 94.9 Å². The van der Waals surface area contributed by atoms with Crippen molar-refractivity contribution in [3.63, 3.8) is 0 Å². The molecule has 0 aromatic heterocycles. The monoisotopic (exact) mass is 392 g/mol. The molecule has 0 bridgehead atoms. The van der Waals surface area contributed by atoms with Crippen LogP contribution < -0.4 is 5.32 Å². The maximum atomic E-state index is 13.9. The molecule has 28 heavy (non-hydrogen) atoms. The summed E-state index contributed by atoms with van der Waals surface area (Å²) in [4.78, 5) is 17.1. The third kappa shape index (κ3) is 4.02. The number of nitrogens with one attached hydrogen (secondary N) is 1. The van der Waals surface area contributed by atoms with E-state index in [-0.39, 0.29) is 5.91 Å². The number of amidine groups is 1. The van der Waals surface area contributed by atoms with Crippen LogP contribution in [0.1, 0.15) is 5.56 Å². The molecule has 0 atom stereocenters. The average Bonchev–Trinajstić information content (AvgIpc) is 3.02. The van der Waals surface area contributed by atoms with Crippen LogP contribution in [-0.2, 0) is 4.79 Å². The van der Waals surface area contributed by atoms with Gasteiger partial charge in [0.05, 0.1) is 10.6 Å². The Morgan fingerprint density at radius 1 is 0.929 bits per heavy atom. The molecule has 138 valence electrons. The fourth-order valence-corrected chi connectivity index (χ4v) is 3.58. The zero-order chi connectivity index (χ0) is 19.5. The second-order valence-corrected chi connectivity index (χ2v) is 7.09. The zero-order valence-electron chi connectivity index (χ0n) is 14.5. The number of hydrogen-bond donors (Lipinski definition) is 1. The molecule has 4 rings (SSSR count). The van der Waals surface area contributed by atoms with E-state index < -0.39 is 11.6 Å². The maximum absolute atomic E-state index is 13.9. The Hall–Kier alpha value is -3.25. The van der Waals surface area contributed by atoms with E-state index in [1.165, 1.54) is 23.9 Å². The van der Waals surface area contributed by atoms with Gasteiger partial charge >= 0.3 is 0 Å². The molecule has 3 aromatic rings. The van der Waals surface area contributed by atoms with Gasteiger partial charge in [0.2, 0.25) is 0 Å². The van der Waals surface area contributed by atoms with Gasteiger partial charge in [0.1, 0.15) is 11.6 Å². The molecule has 0 spiro atoms. The first-order chi connectivity index (χ1) is 13.6. The van der Waals surface area contributed by atoms with Gasteiger partial charge in [-0.1, -0.05) is 42.5 Å². The minimum atomic E-state index is -0.612. The van der Waals surface area contributed by atoms with Gasteiger partial charge in [-0.2, -0.15) is 0 Å². The van der Waals surface area contributed by atoms with Crippen LogP contribution in [0.15, 0.2) is 82.7 Å². The standard InChI is InChI=1S/C22H14F2N2OS/c23-16-10-11-18(19(24)13-16)15-8-6-14(7-9-15)12-20-21(27)26-22(28-20)25-17-4-2-1-3-5-17/h1-13H,(H,25,26,27). The third-order valence-corrected chi connectivity index (χ3v) is 5.00. The number of thioether (sulfide) groups is 1. The predicted octanol–water partition coefficient (Wildman–Crippen LogP) is 5.52. The Balaban J connectivity index is 1.54. The number of rotatable bonds is 3. The predicted molar refractivity (Wildman–Crippen MR) is 109 cm³/mol. The molecule has 0 radical (unpaired) electrons. The van der Waals surface area contributed by atoms with Gasteiger partial charge in [0, 0.05) is 11.6 Å². The van der Waals surface area contributed by atoms with Gasteiger partial charge in [-0.3, -0.25) is 4.79 Å².